The maximum atomic E-state index is 5.36. The number of nitrogens with zero attached hydrogens (tertiary/aromatic N) is 6. The third kappa shape index (κ3) is 3.12. The third-order valence-electron chi connectivity index (χ3n) is 2.61. The van der Waals surface area contributed by atoms with Crippen LogP contribution in [0.15, 0.2) is 35.5 Å². The first-order valence-corrected chi connectivity index (χ1v) is 6.19. The first-order valence-electron chi connectivity index (χ1n) is 6.19. The van der Waals surface area contributed by atoms with E-state index in [-0.39, 0.29) is 5.95 Å². The van der Waals surface area contributed by atoms with Gasteiger partial charge in [-0.3, -0.25) is 5.43 Å². The smallest absolute Gasteiger partial charge is 0.258 e. The Hall–Kier alpha value is -3.01. The highest BCUT2D eigenvalue weighted by Crippen LogP contribution is 2.08. The molecule has 0 saturated carbocycles. The molecule has 4 N–H and O–H groups in total. The Morgan fingerprint density at radius 2 is 2.14 bits per heavy atom. The van der Waals surface area contributed by atoms with Crippen molar-refractivity contribution in [2.24, 2.45) is 5.84 Å². The molecule has 3 aromatic heterocycles. The van der Waals surface area contributed by atoms with E-state index in [1.54, 1.807) is 6.26 Å². The molecule has 108 valence electrons. The largest absolute Gasteiger partial charge is 0.469 e. The zero-order chi connectivity index (χ0) is 14.5. The molecule has 0 aliphatic rings. The van der Waals surface area contributed by atoms with Gasteiger partial charge in [-0.15, -0.1) is 0 Å². The topological polar surface area (TPSA) is 133 Å². The third-order valence-corrected chi connectivity index (χ3v) is 2.61. The molecule has 3 aromatic rings. The van der Waals surface area contributed by atoms with Gasteiger partial charge in [0.25, 0.3) is 5.95 Å². The van der Waals surface area contributed by atoms with Crippen molar-refractivity contribution in [2.45, 2.75) is 6.42 Å². The normalized spacial score (nSPS) is 10.5. The van der Waals surface area contributed by atoms with Gasteiger partial charge in [0, 0.05) is 13.0 Å². The number of nitrogens with two attached hydrogens (primary N) is 1. The van der Waals surface area contributed by atoms with Crippen molar-refractivity contribution in [3.8, 4) is 5.95 Å². The Bertz CT molecular complexity index is 680. The Morgan fingerprint density at radius 3 is 2.86 bits per heavy atom. The van der Waals surface area contributed by atoms with Gasteiger partial charge in [0.15, 0.2) is 0 Å². The van der Waals surface area contributed by atoms with Crippen molar-refractivity contribution >= 4 is 11.9 Å². The Balaban J connectivity index is 1.73. The van der Waals surface area contributed by atoms with Crippen molar-refractivity contribution in [3.05, 3.63) is 36.8 Å². The molecule has 0 atom stereocenters. The summed E-state index contributed by atoms with van der Waals surface area (Å²) in [6, 6.07) is 3.75. The Morgan fingerprint density at radius 1 is 1.24 bits per heavy atom. The van der Waals surface area contributed by atoms with Gasteiger partial charge in [-0.25, -0.2) is 10.8 Å². The molecule has 0 radical (unpaired) electrons. The molecule has 0 aliphatic carbocycles. The molecule has 3 heterocycles. The number of hydrazine groups is 1. The summed E-state index contributed by atoms with van der Waals surface area (Å²) < 4.78 is 6.67. The van der Waals surface area contributed by atoms with E-state index < -0.39 is 0 Å². The molecule has 21 heavy (non-hydrogen) atoms. The summed E-state index contributed by atoms with van der Waals surface area (Å²) in [5, 5.41) is 7.05. The lowest BCUT2D eigenvalue weighted by atomic mass is 10.3. The quantitative estimate of drug-likeness (QED) is 0.422. The number of hydrogen-bond donors (Lipinski definition) is 3. The molecular weight excluding hydrogens is 274 g/mol. The van der Waals surface area contributed by atoms with Crippen LogP contribution in [0.4, 0.5) is 11.9 Å². The molecule has 0 fully saturated rings. The number of anilines is 2. The maximum Gasteiger partial charge on any atom is 0.258 e. The van der Waals surface area contributed by atoms with Gasteiger partial charge >= 0.3 is 0 Å². The van der Waals surface area contributed by atoms with E-state index in [1.807, 2.05) is 12.1 Å². The van der Waals surface area contributed by atoms with E-state index >= 15 is 0 Å². The van der Waals surface area contributed by atoms with Crippen molar-refractivity contribution in [1.29, 1.82) is 0 Å². The van der Waals surface area contributed by atoms with Crippen molar-refractivity contribution in [3.63, 3.8) is 0 Å². The maximum absolute atomic E-state index is 5.36. The molecule has 3 rings (SSSR count). The van der Waals surface area contributed by atoms with Crippen molar-refractivity contribution < 1.29 is 4.42 Å². The minimum Gasteiger partial charge on any atom is -0.469 e. The number of rotatable bonds is 6. The van der Waals surface area contributed by atoms with E-state index in [2.05, 4.69) is 35.8 Å². The van der Waals surface area contributed by atoms with E-state index in [9.17, 15) is 0 Å². The molecule has 0 aliphatic heterocycles. The summed E-state index contributed by atoms with van der Waals surface area (Å²) in [6.07, 6.45) is 5.23. The minimum absolute atomic E-state index is 0.232. The van der Waals surface area contributed by atoms with Gasteiger partial charge in [0.2, 0.25) is 11.9 Å². The van der Waals surface area contributed by atoms with Crippen LogP contribution in [0.2, 0.25) is 0 Å². The van der Waals surface area contributed by atoms with Gasteiger partial charge in [-0.1, -0.05) is 0 Å². The highest BCUT2D eigenvalue weighted by molar-refractivity contribution is 5.36. The molecule has 10 heteroatoms. The molecule has 0 spiro atoms. The van der Waals surface area contributed by atoms with Crippen LogP contribution in [-0.4, -0.2) is 36.3 Å². The van der Waals surface area contributed by atoms with E-state index in [4.69, 9.17) is 10.3 Å². The minimum atomic E-state index is 0.232. The number of nitrogen functional groups attached to an aromatic ring is 1. The highest BCUT2D eigenvalue weighted by atomic mass is 16.3. The molecule has 10 nitrogen and oxygen atoms in total. The zero-order valence-electron chi connectivity index (χ0n) is 11.0. The summed E-state index contributed by atoms with van der Waals surface area (Å²) in [6.45, 7) is 0.609. The summed E-state index contributed by atoms with van der Waals surface area (Å²) in [5.74, 6) is 7.17. The van der Waals surface area contributed by atoms with Crippen LogP contribution in [0.5, 0.6) is 0 Å². The van der Waals surface area contributed by atoms with Crippen LogP contribution in [0.25, 0.3) is 5.95 Å². The Labute approximate surface area is 119 Å². The van der Waals surface area contributed by atoms with Crippen LogP contribution in [-0.2, 0) is 6.42 Å². The average Bonchev–Trinajstić information content (AvgIpc) is 3.20. The molecule has 0 unspecified atom stereocenters. The monoisotopic (exact) mass is 287 g/mol. The van der Waals surface area contributed by atoms with Gasteiger partial charge in [-0.2, -0.15) is 24.7 Å². The molecule has 0 aromatic carbocycles. The van der Waals surface area contributed by atoms with Crippen molar-refractivity contribution in [2.75, 3.05) is 17.3 Å². The SMILES string of the molecule is NNc1nc(NCCc2ccco2)nc(-n2cncn2)n1. The van der Waals surface area contributed by atoms with Gasteiger partial charge < -0.3 is 9.73 Å². The second-order valence-electron chi connectivity index (χ2n) is 4.02. The van der Waals surface area contributed by atoms with E-state index in [0.29, 0.717) is 24.9 Å². The van der Waals surface area contributed by atoms with Gasteiger partial charge in [-0.05, 0) is 12.1 Å². The van der Waals surface area contributed by atoms with E-state index in [0.717, 1.165) is 5.76 Å². The van der Waals surface area contributed by atoms with Crippen LogP contribution in [0, 0.1) is 0 Å². The number of nitrogens with one attached hydrogen (secondary N) is 2. The molecule has 0 saturated heterocycles. The number of hydrogen-bond acceptors (Lipinski definition) is 9. The number of furan rings is 1. The fraction of sp³-hybridized carbons (Fsp3) is 0.182. The molecular formula is C11H13N9O. The first kappa shape index (κ1) is 13.0. The van der Waals surface area contributed by atoms with Crippen molar-refractivity contribution in [1.82, 2.24) is 29.7 Å². The molecule has 0 bridgehead atoms. The average molecular weight is 287 g/mol. The predicted octanol–water partition coefficient (Wildman–Crippen LogP) is -0.0145. The summed E-state index contributed by atoms with van der Waals surface area (Å²) in [7, 11) is 0. The van der Waals surface area contributed by atoms with Crippen LogP contribution in [0.1, 0.15) is 5.76 Å². The van der Waals surface area contributed by atoms with Crippen LogP contribution < -0.4 is 16.6 Å². The Kier molecular flexibility index (Phi) is 3.69. The zero-order valence-corrected chi connectivity index (χ0v) is 11.0. The molecule has 0 amide bonds. The first-order chi connectivity index (χ1) is 10.3. The number of aromatic nitrogens is 6. The standard InChI is InChI=1S/C11H13N9O/c12-19-10-16-9(14-4-3-8-2-1-5-21-8)17-11(18-10)20-7-13-6-15-20/h1-2,5-7H,3-4,12H2,(H2,14,16,17,18,19). The van der Waals surface area contributed by atoms with Gasteiger partial charge in [0.05, 0.1) is 6.26 Å². The lowest BCUT2D eigenvalue weighted by molar-refractivity contribution is 0.512. The second kappa shape index (κ2) is 5.96. The van der Waals surface area contributed by atoms with E-state index in [1.165, 1.54) is 17.3 Å². The summed E-state index contributed by atoms with van der Waals surface area (Å²) in [4.78, 5) is 16.3. The van der Waals surface area contributed by atoms with Crippen LogP contribution in [0.3, 0.4) is 0 Å². The van der Waals surface area contributed by atoms with Crippen LogP contribution >= 0.6 is 0 Å². The lowest BCUT2D eigenvalue weighted by Gasteiger charge is -2.07. The second-order valence-corrected chi connectivity index (χ2v) is 4.02. The fourth-order valence-electron chi connectivity index (χ4n) is 1.67. The lowest BCUT2D eigenvalue weighted by Crippen LogP contribution is -2.16. The fourth-order valence-corrected chi connectivity index (χ4v) is 1.67. The predicted molar refractivity (Wildman–Crippen MR) is 73.5 cm³/mol. The summed E-state index contributed by atoms with van der Waals surface area (Å²) >= 11 is 0. The highest BCUT2D eigenvalue weighted by Gasteiger charge is 2.08. The van der Waals surface area contributed by atoms with Gasteiger partial charge in [0.1, 0.15) is 18.4 Å². The summed E-state index contributed by atoms with van der Waals surface area (Å²) in [5.41, 5.74) is 2.39.